The summed E-state index contributed by atoms with van der Waals surface area (Å²) in [6.45, 7) is 1.92. The Hall–Kier alpha value is -2.21. The summed E-state index contributed by atoms with van der Waals surface area (Å²) < 4.78 is 6.43. The van der Waals surface area contributed by atoms with E-state index in [2.05, 4.69) is 10.1 Å². The van der Waals surface area contributed by atoms with E-state index in [4.69, 9.17) is 4.74 Å². The van der Waals surface area contributed by atoms with Crippen LogP contribution in [0.1, 0.15) is 18.6 Å². The summed E-state index contributed by atoms with van der Waals surface area (Å²) in [6, 6.07) is 3.38. The third-order valence-electron chi connectivity index (χ3n) is 2.61. The highest BCUT2D eigenvalue weighted by Crippen LogP contribution is 2.19. The Morgan fingerprint density at radius 3 is 2.79 bits per heavy atom. The Kier molecular flexibility index (Phi) is 3.91. The van der Waals surface area contributed by atoms with E-state index in [-0.39, 0.29) is 6.61 Å². The van der Waals surface area contributed by atoms with Crippen LogP contribution < -0.4 is 0 Å². The van der Waals surface area contributed by atoms with Gasteiger partial charge in [-0.25, -0.2) is 4.79 Å². The molecule has 2 aromatic rings. The normalized spacial score (nSPS) is 12.2. The number of aromatic nitrogens is 3. The summed E-state index contributed by atoms with van der Waals surface area (Å²) >= 11 is 0. The molecule has 100 valence electrons. The second-order valence-electron chi connectivity index (χ2n) is 4.03. The molecule has 2 aromatic heterocycles. The third kappa shape index (κ3) is 2.97. The molecule has 6 nitrogen and oxygen atoms in total. The number of hydrogen-bond donors (Lipinski definition) is 1. The minimum absolute atomic E-state index is 0.233. The highest BCUT2D eigenvalue weighted by molar-refractivity contribution is 5.76. The van der Waals surface area contributed by atoms with Gasteiger partial charge in [-0.1, -0.05) is 6.07 Å². The molecule has 0 aliphatic carbocycles. The van der Waals surface area contributed by atoms with Crippen LogP contribution in [-0.2, 0) is 16.6 Å². The SMILES string of the molecule is CCOC(=O)C(O)c1ccc(-c2cnn(C)c2)nc1. The van der Waals surface area contributed by atoms with Crippen molar-refractivity contribution in [2.75, 3.05) is 6.61 Å². The van der Waals surface area contributed by atoms with E-state index < -0.39 is 12.1 Å². The van der Waals surface area contributed by atoms with Gasteiger partial charge in [0.15, 0.2) is 6.10 Å². The van der Waals surface area contributed by atoms with Gasteiger partial charge in [-0.15, -0.1) is 0 Å². The Morgan fingerprint density at radius 1 is 1.47 bits per heavy atom. The molecule has 0 fully saturated rings. The van der Waals surface area contributed by atoms with Gasteiger partial charge in [0.1, 0.15) is 0 Å². The van der Waals surface area contributed by atoms with Crippen molar-refractivity contribution in [1.29, 1.82) is 0 Å². The van der Waals surface area contributed by atoms with Crippen molar-refractivity contribution in [3.63, 3.8) is 0 Å². The molecule has 0 saturated carbocycles. The minimum atomic E-state index is -1.30. The van der Waals surface area contributed by atoms with E-state index in [9.17, 15) is 9.90 Å². The molecule has 0 amide bonds. The summed E-state index contributed by atoms with van der Waals surface area (Å²) in [4.78, 5) is 15.6. The first-order valence-corrected chi connectivity index (χ1v) is 5.91. The van der Waals surface area contributed by atoms with E-state index in [1.54, 1.807) is 29.9 Å². The Morgan fingerprint density at radius 2 is 2.26 bits per heavy atom. The largest absolute Gasteiger partial charge is 0.464 e. The fraction of sp³-hybridized carbons (Fsp3) is 0.308. The summed E-state index contributed by atoms with van der Waals surface area (Å²) in [5.41, 5.74) is 2.01. The van der Waals surface area contributed by atoms with Gasteiger partial charge in [0.05, 0.1) is 18.5 Å². The molecule has 2 rings (SSSR count). The third-order valence-corrected chi connectivity index (χ3v) is 2.61. The molecule has 19 heavy (non-hydrogen) atoms. The number of aliphatic hydroxyl groups is 1. The van der Waals surface area contributed by atoms with E-state index in [1.807, 2.05) is 13.2 Å². The molecule has 0 bridgehead atoms. The van der Waals surface area contributed by atoms with Gasteiger partial charge in [0.2, 0.25) is 0 Å². The highest BCUT2D eigenvalue weighted by atomic mass is 16.5. The van der Waals surface area contributed by atoms with Crippen LogP contribution in [-0.4, -0.2) is 32.4 Å². The Labute approximate surface area is 110 Å². The van der Waals surface area contributed by atoms with Crippen LogP contribution in [0, 0.1) is 0 Å². The zero-order valence-electron chi connectivity index (χ0n) is 10.8. The molecular weight excluding hydrogens is 246 g/mol. The van der Waals surface area contributed by atoms with Crippen molar-refractivity contribution in [3.8, 4) is 11.3 Å². The maximum absolute atomic E-state index is 11.4. The Bertz CT molecular complexity index is 563. The summed E-state index contributed by atoms with van der Waals surface area (Å²) in [5.74, 6) is -0.668. The molecule has 0 saturated heterocycles. The van der Waals surface area contributed by atoms with Gasteiger partial charge in [-0.3, -0.25) is 9.67 Å². The van der Waals surface area contributed by atoms with Crippen molar-refractivity contribution in [2.45, 2.75) is 13.0 Å². The molecule has 0 aliphatic heterocycles. The monoisotopic (exact) mass is 261 g/mol. The number of carbonyl (C=O) groups is 1. The number of hydrogen-bond acceptors (Lipinski definition) is 5. The average molecular weight is 261 g/mol. The maximum atomic E-state index is 11.4. The van der Waals surface area contributed by atoms with Crippen molar-refractivity contribution in [1.82, 2.24) is 14.8 Å². The number of ether oxygens (including phenoxy) is 1. The molecule has 0 aromatic carbocycles. The van der Waals surface area contributed by atoms with Gasteiger partial charge in [0, 0.05) is 30.6 Å². The first kappa shape index (κ1) is 13.2. The summed E-state index contributed by atoms with van der Waals surface area (Å²) in [5, 5.41) is 13.8. The number of esters is 1. The smallest absolute Gasteiger partial charge is 0.339 e. The van der Waals surface area contributed by atoms with E-state index in [1.165, 1.54) is 6.20 Å². The molecule has 6 heteroatoms. The average Bonchev–Trinajstić information content (AvgIpc) is 2.85. The zero-order valence-corrected chi connectivity index (χ0v) is 10.8. The standard InChI is InChI=1S/C13H15N3O3/c1-3-19-13(18)12(17)9-4-5-11(14-6-9)10-7-15-16(2)8-10/h4-8,12,17H,3H2,1-2H3. The van der Waals surface area contributed by atoms with Crippen LogP contribution in [0.5, 0.6) is 0 Å². The lowest BCUT2D eigenvalue weighted by Gasteiger charge is -2.09. The molecule has 1 N–H and O–H groups in total. The minimum Gasteiger partial charge on any atom is -0.464 e. The number of aliphatic hydroxyl groups excluding tert-OH is 1. The predicted octanol–water partition coefficient (Wildman–Crippen LogP) is 1.08. The summed E-state index contributed by atoms with van der Waals surface area (Å²) in [6.07, 6.45) is 3.70. The Balaban J connectivity index is 2.16. The first-order chi connectivity index (χ1) is 9.11. The van der Waals surface area contributed by atoms with Crippen LogP contribution in [0.2, 0.25) is 0 Å². The van der Waals surface area contributed by atoms with E-state index in [0.717, 1.165) is 11.3 Å². The second kappa shape index (κ2) is 5.62. The number of aryl methyl sites for hydroxylation is 1. The predicted molar refractivity (Wildman–Crippen MR) is 68.0 cm³/mol. The topological polar surface area (TPSA) is 77.2 Å². The zero-order chi connectivity index (χ0) is 13.8. The highest BCUT2D eigenvalue weighted by Gasteiger charge is 2.18. The fourth-order valence-corrected chi connectivity index (χ4v) is 1.65. The first-order valence-electron chi connectivity index (χ1n) is 5.91. The van der Waals surface area contributed by atoms with Crippen LogP contribution in [0.25, 0.3) is 11.3 Å². The maximum Gasteiger partial charge on any atom is 0.339 e. The van der Waals surface area contributed by atoms with Crippen LogP contribution >= 0.6 is 0 Å². The van der Waals surface area contributed by atoms with Crippen LogP contribution in [0.15, 0.2) is 30.7 Å². The lowest BCUT2D eigenvalue weighted by Crippen LogP contribution is -2.15. The number of nitrogens with zero attached hydrogens (tertiary/aromatic N) is 3. The van der Waals surface area contributed by atoms with Crippen molar-refractivity contribution < 1.29 is 14.6 Å². The molecule has 0 spiro atoms. The van der Waals surface area contributed by atoms with Crippen molar-refractivity contribution >= 4 is 5.97 Å². The molecule has 0 radical (unpaired) electrons. The van der Waals surface area contributed by atoms with Crippen LogP contribution in [0.4, 0.5) is 0 Å². The quantitative estimate of drug-likeness (QED) is 0.833. The molecule has 1 atom stereocenters. The van der Waals surface area contributed by atoms with E-state index >= 15 is 0 Å². The molecule has 0 aliphatic rings. The molecule has 1 unspecified atom stereocenters. The number of carbonyl (C=O) groups excluding carboxylic acids is 1. The van der Waals surface area contributed by atoms with E-state index in [0.29, 0.717) is 5.56 Å². The fourth-order valence-electron chi connectivity index (χ4n) is 1.65. The van der Waals surface area contributed by atoms with Gasteiger partial charge in [-0.2, -0.15) is 5.10 Å². The van der Waals surface area contributed by atoms with Crippen LogP contribution in [0.3, 0.4) is 0 Å². The van der Waals surface area contributed by atoms with Gasteiger partial charge in [-0.05, 0) is 13.0 Å². The van der Waals surface area contributed by atoms with Gasteiger partial charge < -0.3 is 9.84 Å². The number of pyridine rings is 1. The molecular formula is C13H15N3O3. The summed E-state index contributed by atoms with van der Waals surface area (Å²) in [7, 11) is 1.82. The number of rotatable bonds is 4. The lowest BCUT2D eigenvalue weighted by molar-refractivity contribution is -0.153. The second-order valence-corrected chi connectivity index (χ2v) is 4.03. The van der Waals surface area contributed by atoms with Gasteiger partial charge in [0.25, 0.3) is 0 Å². The van der Waals surface area contributed by atoms with Crippen molar-refractivity contribution in [2.24, 2.45) is 7.05 Å². The van der Waals surface area contributed by atoms with Gasteiger partial charge >= 0.3 is 5.97 Å². The lowest BCUT2D eigenvalue weighted by atomic mass is 10.1. The van der Waals surface area contributed by atoms with Crippen molar-refractivity contribution in [3.05, 3.63) is 36.3 Å². The molecule has 2 heterocycles.